The van der Waals surface area contributed by atoms with Gasteiger partial charge in [-0.1, -0.05) is 0 Å². The van der Waals surface area contributed by atoms with Crippen molar-refractivity contribution < 1.29 is 17.9 Å². The van der Waals surface area contributed by atoms with Gasteiger partial charge in [0.2, 0.25) is 0 Å². The van der Waals surface area contributed by atoms with Crippen LogP contribution < -0.4 is 0 Å². The second kappa shape index (κ2) is 4.84. The Hall–Kier alpha value is -0.420. The number of rotatable bonds is 6. The van der Waals surface area contributed by atoms with Gasteiger partial charge >= 0.3 is 0 Å². The number of ketones is 1. The van der Waals surface area contributed by atoms with Crippen molar-refractivity contribution in [1.29, 1.82) is 0 Å². The Labute approximate surface area is 98.3 Å². The summed E-state index contributed by atoms with van der Waals surface area (Å²) in [6.45, 7) is 6.64. The minimum Gasteiger partial charge on any atom is -0.379 e. The fraction of sp³-hybridized carbons (Fsp3) is 0.909. The monoisotopic (exact) mass is 250 g/mol. The number of methoxy groups -OCH3 is 1. The maximum atomic E-state index is 11.8. The highest BCUT2D eigenvalue weighted by molar-refractivity contribution is 7.92. The Balaban J connectivity index is 4.63. The Morgan fingerprint density at radius 2 is 1.62 bits per heavy atom. The normalized spacial score (nSPS) is 13.9. The molecule has 0 N–H and O–H groups in total. The summed E-state index contributed by atoms with van der Waals surface area (Å²) in [7, 11) is -1.79. The molecule has 0 aromatic rings. The SMILES string of the molecule is COC(C)(C)CCC(=O)C(C)(C)S(C)(=O)=O. The molecule has 0 bridgehead atoms. The highest BCUT2D eigenvalue weighted by atomic mass is 32.2. The molecular weight excluding hydrogens is 228 g/mol. The molecule has 0 saturated heterocycles. The molecule has 0 fully saturated rings. The molecule has 0 amide bonds. The van der Waals surface area contributed by atoms with Gasteiger partial charge in [-0.3, -0.25) is 4.79 Å². The van der Waals surface area contributed by atoms with E-state index < -0.39 is 20.2 Å². The van der Waals surface area contributed by atoms with Crippen molar-refractivity contribution in [1.82, 2.24) is 0 Å². The van der Waals surface area contributed by atoms with Crippen LogP contribution in [-0.2, 0) is 19.4 Å². The fourth-order valence-corrected chi connectivity index (χ4v) is 1.54. The maximum Gasteiger partial charge on any atom is 0.159 e. The van der Waals surface area contributed by atoms with Crippen molar-refractivity contribution >= 4 is 15.6 Å². The summed E-state index contributed by atoms with van der Waals surface area (Å²) < 4.78 is 26.7. The summed E-state index contributed by atoms with van der Waals surface area (Å²) in [6.07, 6.45) is 1.81. The summed E-state index contributed by atoms with van der Waals surface area (Å²) >= 11 is 0. The Kier molecular flexibility index (Phi) is 4.71. The van der Waals surface area contributed by atoms with Crippen molar-refractivity contribution in [3.63, 3.8) is 0 Å². The zero-order chi connectivity index (χ0) is 13.2. The summed E-state index contributed by atoms with van der Waals surface area (Å²) in [5.41, 5.74) is -0.400. The van der Waals surface area contributed by atoms with E-state index in [0.717, 1.165) is 6.26 Å². The molecule has 0 aromatic carbocycles. The third-order valence-corrected chi connectivity index (χ3v) is 5.19. The molecule has 0 aliphatic heterocycles. The molecule has 0 spiro atoms. The van der Waals surface area contributed by atoms with E-state index in [-0.39, 0.29) is 12.2 Å². The lowest BCUT2D eigenvalue weighted by Crippen LogP contribution is -2.40. The van der Waals surface area contributed by atoms with Gasteiger partial charge in [-0.2, -0.15) is 0 Å². The van der Waals surface area contributed by atoms with Crippen LogP contribution in [0.1, 0.15) is 40.5 Å². The molecule has 96 valence electrons. The molecule has 0 aromatic heterocycles. The van der Waals surface area contributed by atoms with E-state index in [1.54, 1.807) is 7.11 Å². The van der Waals surface area contributed by atoms with E-state index in [0.29, 0.717) is 6.42 Å². The molecule has 0 radical (unpaired) electrons. The van der Waals surface area contributed by atoms with Crippen molar-refractivity contribution in [3.05, 3.63) is 0 Å². The van der Waals surface area contributed by atoms with E-state index in [1.807, 2.05) is 13.8 Å². The van der Waals surface area contributed by atoms with Gasteiger partial charge in [0.05, 0.1) is 5.60 Å². The van der Waals surface area contributed by atoms with Gasteiger partial charge in [-0.05, 0) is 34.1 Å². The van der Waals surface area contributed by atoms with Crippen LogP contribution in [0.2, 0.25) is 0 Å². The van der Waals surface area contributed by atoms with Gasteiger partial charge in [0.25, 0.3) is 0 Å². The summed E-state index contributed by atoms with van der Waals surface area (Å²) in [5, 5.41) is 0. The van der Waals surface area contributed by atoms with E-state index in [4.69, 9.17) is 4.74 Å². The van der Waals surface area contributed by atoms with Crippen LogP contribution >= 0.6 is 0 Å². The largest absolute Gasteiger partial charge is 0.379 e. The van der Waals surface area contributed by atoms with Crippen LogP contribution in [0.25, 0.3) is 0 Å². The van der Waals surface area contributed by atoms with Gasteiger partial charge in [0.1, 0.15) is 4.75 Å². The van der Waals surface area contributed by atoms with Crippen molar-refractivity contribution in [2.24, 2.45) is 0 Å². The zero-order valence-corrected chi connectivity index (χ0v) is 11.8. The third-order valence-electron chi connectivity index (χ3n) is 3.11. The highest BCUT2D eigenvalue weighted by Gasteiger charge is 2.38. The Morgan fingerprint density at radius 1 is 1.19 bits per heavy atom. The molecule has 4 nitrogen and oxygen atoms in total. The maximum absolute atomic E-state index is 11.8. The van der Waals surface area contributed by atoms with Crippen LogP contribution in [0, 0.1) is 0 Å². The van der Waals surface area contributed by atoms with E-state index in [2.05, 4.69) is 0 Å². The van der Waals surface area contributed by atoms with Gasteiger partial charge in [-0.25, -0.2) is 8.42 Å². The number of sulfone groups is 1. The van der Waals surface area contributed by atoms with Crippen LogP contribution in [-0.4, -0.2) is 37.9 Å². The molecule has 0 saturated carbocycles. The molecule has 0 heterocycles. The zero-order valence-electron chi connectivity index (χ0n) is 11.0. The quantitative estimate of drug-likeness (QED) is 0.718. The number of ether oxygens (including phenoxy) is 1. The van der Waals surface area contributed by atoms with Crippen molar-refractivity contribution in [2.45, 2.75) is 50.9 Å². The minimum atomic E-state index is -3.37. The number of carbonyl (C=O) groups excluding carboxylic acids is 1. The molecular formula is C11H22O4S. The first-order valence-corrected chi connectivity index (χ1v) is 7.11. The smallest absolute Gasteiger partial charge is 0.159 e. The lowest BCUT2D eigenvalue weighted by atomic mass is 9.96. The van der Waals surface area contributed by atoms with Gasteiger partial charge < -0.3 is 4.74 Å². The summed E-state index contributed by atoms with van der Waals surface area (Å²) in [4.78, 5) is 11.8. The second-order valence-electron chi connectivity index (χ2n) is 5.17. The van der Waals surface area contributed by atoms with Gasteiger partial charge in [0, 0.05) is 19.8 Å². The first-order chi connectivity index (χ1) is 6.94. The standard InChI is InChI=1S/C11H22O4S/c1-10(2,15-5)8-7-9(12)11(3,4)16(6,13)14/h7-8H2,1-6H3. The predicted octanol–water partition coefficient (Wildman–Crippen LogP) is 1.58. The fourth-order valence-electron chi connectivity index (χ4n) is 1.02. The molecule has 16 heavy (non-hydrogen) atoms. The van der Waals surface area contributed by atoms with E-state index in [1.165, 1.54) is 13.8 Å². The van der Waals surface area contributed by atoms with Crippen LogP contribution in [0.5, 0.6) is 0 Å². The van der Waals surface area contributed by atoms with E-state index >= 15 is 0 Å². The van der Waals surface area contributed by atoms with Crippen LogP contribution in [0.4, 0.5) is 0 Å². The first-order valence-electron chi connectivity index (χ1n) is 5.22. The van der Waals surface area contributed by atoms with Crippen molar-refractivity contribution in [2.75, 3.05) is 13.4 Å². The van der Waals surface area contributed by atoms with Crippen LogP contribution in [0.15, 0.2) is 0 Å². The molecule has 0 aliphatic carbocycles. The highest BCUT2D eigenvalue weighted by Crippen LogP contribution is 2.23. The van der Waals surface area contributed by atoms with Gasteiger partial charge in [-0.15, -0.1) is 0 Å². The first kappa shape index (κ1) is 15.6. The molecule has 0 rings (SSSR count). The lowest BCUT2D eigenvalue weighted by Gasteiger charge is -2.25. The third kappa shape index (κ3) is 3.87. The predicted molar refractivity (Wildman–Crippen MR) is 64.3 cm³/mol. The molecule has 5 heteroatoms. The molecule has 0 atom stereocenters. The second-order valence-corrected chi connectivity index (χ2v) is 7.73. The van der Waals surface area contributed by atoms with Gasteiger partial charge in [0.15, 0.2) is 15.6 Å². The summed E-state index contributed by atoms with van der Waals surface area (Å²) in [6, 6.07) is 0. The average Bonchev–Trinajstić information content (AvgIpc) is 2.12. The van der Waals surface area contributed by atoms with Crippen LogP contribution in [0.3, 0.4) is 0 Å². The van der Waals surface area contributed by atoms with Crippen molar-refractivity contribution in [3.8, 4) is 0 Å². The number of carbonyl (C=O) groups is 1. The number of hydrogen-bond acceptors (Lipinski definition) is 4. The number of Topliss-reactive ketones (excluding diaryl/α,β-unsaturated/α-hetero) is 1. The van der Waals surface area contributed by atoms with E-state index in [9.17, 15) is 13.2 Å². The topological polar surface area (TPSA) is 60.4 Å². The lowest BCUT2D eigenvalue weighted by molar-refractivity contribution is -0.122. The summed E-state index contributed by atoms with van der Waals surface area (Å²) in [5.74, 6) is -0.264. The number of hydrogen-bond donors (Lipinski definition) is 0. The molecule has 0 unspecified atom stereocenters. The Bertz CT molecular complexity index is 352. The Morgan fingerprint density at radius 3 is 1.94 bits per heavy atom. The average molecular weight is 250 g/mol. The minimum absolute atomic E-state index is 0.209. The molecule has 0 aliphatic rings.